The number of carbonyl (C=O) groups is 2. The molecule has 0 spiro atoms. The lowest BCUT2D eigenvalue weighted by Crippen LogP contribution is -2.49. The van der Waals surface area contributed by atoms with E-state index in [0.717, 1.165) is 31.7 Å². The summed E-state index contributed by atoms with van der Waals surface area (Å²) < 4.78 is 0. The average molecular weight is 392 g/mol. The number of hydrogen-bond donors (Lipinski definition) is 1. The van der Waals surface area contributed by atoms with E-state index < -0.39 is 0 Å². The fourth-order valence-electron chi connectivity index (χ4n) is 4.15. The zero-order chi connectivity index (χ0) is 20.4. The molecule has 1 saturated carbocycles. The van der Waals surface area contributed by atoms with Crippen molar-refractivity contribution in [3.63, 3.8) is 0 Å². The van der Waals surface area contributed by atoms with Crippen LogP contribution in [-0.4, -0.2) is 42.9 Å². The van der Waals surface area contributed by atoms with E-state index in [1.807, 2.05) is 42.2 Å². The SMILES string of the molecule is Cc1cccc(N2CCN(C(=O)C3CC3C(=O)NC(C)c3ccccc3)CC2)c1. The number of rotatable bonds is 5. The van der Waals surface area contributed by atoms with Gasteiger partial charge in [-0.05, 0) is 43.5 Å². The van der Waals surface area contributed by atoms with E-state index >= 15 is 0 Å². The number of amides is 2. The molecule has 2 amide bonds. The summed E-state index contributed by atoms with van der Waals surface area (Å²) in [5, 5.41) is 3.06. The molecule has 2 aromatic carbocycles. The summed E-state index contributed by atoms with van der Waals surface area (Å²) in [6.07, 6.45) is 0.671. The molecule has 3 atom stereocenters. The highest BCUT2D eigenvalue weighted by Gasteiger charge is 2.49. The smallest absolute Gasteiger partial charge is 0.226 e. The van der Waals surface area contributed by atoms with Gasteiger partial charge < -0.3 is 15.1 Å². The van der Waals surface area contributed by atoms with Crippen LogP contribution in [-0.2, 0) is 9.59 Å². The molecule has 0 aromatic heterocycles. The van der Waals surface area contributed by atoms with E-state index in [0.29, 0.717) is 6.42 Å². The molecule has 1 heterocycles. The Morgan fingerprint density at radius 3 is 2.38 bits per heavy atom. The van der Waals surface area contributed by atoms with Gasteiger partial charge in [0, 0.05) is 31.9 Å². The van der Waals surface area contributed by atoms with Gasteiger partial charge in [-0.2, -0.15) is 0 Å². The number of anilines is 1. The molecule has 1 N–H and O–H groups in total. The van der Waals surface area contributed by atoms with Gasteiger partial charge in [-0.3, -0.25) is 9.59 Å². The van der Waals surface area contributed by atoms with Crippen molar-refractivity contribution in [3.8, 4) is 0 Å². The van der Waals surface area contributed by atoms with Crippen LogP contribution in [0, 0.1) is 18.8 Å². The second kappa shape index (κ2) is 8.27. The van der Waals surface area contributed by atoms with Gasteiger partial charge in [-0.25, -0.2) is 0 Å². The molecule has 2 aromatic rings. The van der Waals surface area contributed by atoms with Crippen LogP contribution >= 0.6 is 0 Å². The molecular weight excluding hydrogens is 362 g/mol. The first-order chi connectivity index (χ1) is 14.0. The average Bonchev–Trinajstić information content (AvgIpc) is 3.55. The summed E-state index contributed by atoms with van der Waals surface area (Å²) in [5.41, 5.74) is 3.55. The number of piperazine rings is 1. The Kier molecular flexibility index (Phi) is 5.56. The van der Waals surface area contributed by atoms with Crippen molar-refractivity contribution in [2.45, 2.75) is 26.3 Å². The molecule has 1 saturated heterocycles. The van der Waals surface area contributed by atoms with Crippen molar-refractivity contribution < 1.29 is 9.59 Å². The van der Waals surface area contributed by atoms with E-state index in [2.05, 4.69) is 41.4 Å². The largest absolute Gasteiger partial charge is 0.368 e. The molecule has 29 heavy (non-hydrogen) atoms. The summed E-state index contributed by atoms with van der Waals surface area (Å²) in [4.78, 5) is 29.7. The monoisotopic (exact) mass is 391 g/mol. The number of benzene rings is 2. The predicted octanol–water partition coefficient (Wildman–Crippen LogP) is 3.16. The summed E-state index contributed by atoms with van der Waals surface area (Å²) in [7, 11) is 0. The number of nitrogens with zero attached hydrogens (tertiary/aromatic N) is 2. The quantitative estimate of drug-likeness (QED) is 0.852. The second-order valence-electron chi connectivity index (χ2n) is 8.24. The normalized spacial score (nSPS) is 22.1. The first-order valence-corrected chi connectivity index (χ1v) is 10.5. The van der Waals surface area contributed by atoms with Gasteiger partial charge >= 0.3 is 0 Å². The van der Waals surface area contributed by atoms with Gasteiger partial charge in [0.25, 0.3) is 0 Å². The van der Waals surface area contributed by atoms with Gasteiger partial charge in [0.1, 0.15) is 0 Å². The number of nitrogens with one attached hydrogen (secondary N) is 1. The van der Waals surface area contributed by atoms with Gasteiger partial charge in [0.05, 0.1) is 17.9 Å². The van der Waals surface area contributed by atoms with Gasteiger partial charge in [-0.1, -0.05) is 42.5 Å². The van der Waals surface area contributed by atoms with Gasteiger partial charge in [-0.15, -0.1) is 0 Å². The zero-order valence-corrected chi connectivity index (χ0v) is 17.2. The molecule has 0 bridgehead atoms. The third-order valence-electron chi connectivity index (χ3n) is 6.06. The summed E-state index contributed by atoms with van der Waals surface area (Å²) in [5.74, 6) is -0.188. The van der Waals surface area contributed by atoms with Crippen LogP contribution in [0.5, 0.6) is 0 Å². The molecule has 152 valence electrons. The van der Waals surface area contributed by atoms with Crippen LogP contribution in [0.3, 0.4) is 0 Å². The first-order valence-electron chi connectivity index (χ1n) is 10.5. The lowest BCUT2D eigenvalue weighted by Gasteiger charge is -2.36. The fraction of sp³-hybridized carbons (Fsp3) is 0.417. The van der Waals surface area contributed by atoms with E-state index in [4.69, 9.17) is 0 Å². The highest BCUT2D eigenvalue weighted by atomic mass is 16.2. The Morgan fingerprint density at radius 2 is 1.69 bits per heavy atom. The molecule has 4 rings (SSSR count). The highest BCUT2D eigenvalue weighted by molar-refractivity contribution is 5.92. The maximum absolute atomic E-state index is 12.9. The molecule has 1 aliphatic carbocycles. The first kappa shape index (κ1) is 19.5. The maximum Gasteiger partial charge on any atom is 0.226 e. The Labute approximate surface area is 172 Å². The Balaban J connectivity index is 1.27. The second-order valence-corrected chi connectivity index (χ2v) is 8.24. The van der Waals surface area contributed by atoms with Crippen LogP contribution < -0.4 is 10.2 Å². The van der Waals surface area contributed by atoms with E-state index in [1.165, 1.54) is 11.3 Å². The minimum atomic E-state index is -0.177. The Bertz CT molecular complexity index is 875. The topological polar surface area (TPSA) is 52.7 Å². The van der Waals surface area contributed by atoms with Crippen molar-refractivity contribution in [1.29, 1.82) is 0 Å². The van der Waals surface area contributed by atoms with Crippen LogP contribution in [0.4, 0.5) is 5.69 Å². The van der Waals surface area contributed by atoms with Crippen molar-refractivity contribution >= 4 is 17.5 Å². The molecule has 1 aliphatic heterocycles. The summed E-state index contributed by atoms with van der Waals surface area (Å²) in [6.45, 7) is 7.20. The number of aryl methyl sites for hydroxylation is 1. The lowest BCUT2D eigenvalue weighted by atomic mass is 10.1. The molecule has 0 radical (unpaired) electrons. The molecule has 3 unspecified atom stereocenters. The third-order valence-corrected chi connectivity index (χ3v) is 6.06. The van der Waals surface area contributed by atoms with Crippen LogP contribution in [0.15, 0.2) is 54.6 Å². The highest BCUT2D eigenvalue weighted by Crippen LogP contribution is 2.40. The zero-order valence-electron chi connectivity index (χ0n) is 17.2. The van der Waals surface area contributed by atoms with Crippen molar-refractivity contribution in [3.05, 3.63) is 65.7 Å². The van der Waals surface area contributed by atoms with Crippen molar-refractivity contribution in [2.75, 3.05) is 31.1 Å². The Hall–Kier alpha value is -2.82. The van der Waals surface area contributed by atoms with E-state index in [-0.39, 0.29) is 29.7 Å². The fourth-order valence-corrected chi connectivity index (χ4v) is 4.15. The maximum atomic E-state index is 12.9. The minimum Gasteiger partial charge on any atom is -0.368 e. The lowest BCUT2D eigenvalue weighted by molar-refractivity contribution is -0.135. The molecule has 2 aliphatic rings. The van der Waals surface area contributed by atoms with Crippen LogP contribution in [0.25, 0.3) is 0 Å². The number of carbonyl (C=O) groups excluding carboxylic acids is 2. The van der Waals surface area contributed by atoms with E-state index in [9.17, 15) is 9.59 Å². The molecule has 2 fully saturated rings. The molecular formula is C24H29N3O2. The minimum absolute atomic E-state index is 0.00176. The summed E-state index contributed by atoms with van der Waals surface area (Å²) in [6, 6.07) is 18.4. The molecule has 5 heteroatoms. The molecule has 5 nitrogen and oxygen atoms in total. The van der Waals surface area contributed by atoms with Crippen molar-refractivity contribution in [2.24, 2.45) is 11.8 Å². The Morgan fingerprint density at radius 1 is 0.966 bits per heavy atom. The number of hydrogen-bond acceptors (Lipinski definition) is 3. The third kappa shape index (κ3) is 4.44. The van der Waals surface area contributed by atoms with Crippen molar-refractivity contribution in [1.82, 2.24) is 10.2 Å². The standard InChI is InChI=1S/C24H29N3O2/c1-17-7-6-10-20(15-17)26-11-13-27(14-12-26)24(29)22-16-21(22)23(28)25-18(2)19-8-4-3-5-9-19/h3-10,15,18,21-22H,11-14,16H2,1-2H3,(H,25,28). The van der Waals surface area contributed by atoms with Crippen LogP contribution in [0.1, 0.15) is 30.5 Å². The predicted molar refractivity (Wildman–Crippen MR) is 115 cm³/mol. The summed E-state index contributed by atoms with van der Waals surface area (Å²) >= 11 is 0. The van der Waals surface area contributed by atoms with Crippen LogP contribution in [0.2, 0.25) is 0 Å². The van der Waals surface area contributed by atoms with E-state index in [1.54, 1.807) is 0 Å². The van der Waals surface area contributed by atoms with Gasteiger partial charge in [0.2, 0.25) is 11.8 Å². The van der Waals surface area contributed by atoms with Gasteiger partial charge in [0.15, 0.2) is 0 Å².